The number of esters is 1. The summed E-state index contributed by atoms with van der Waals surface area (Å²) in [7, 11) is 1.41. The fourth-order valence-electron chi connectivity index (χ4n) is 3.63. The molecule has 0 radical (unpaired) electrons. The van der Waals surface area contributed by atoms with Gasteiger partial charge in [0.1, 0.15) is 0 Å². The minimum Gasteiger partial charge on any atom is -0.469 e. The van der Waals surface area contributed by atoms with Crippen LogP contribution < -0.4 is 0 Å². The number of aliphatic hydroxyl groups excluding tert-OH is 2. The average Bonchev–Trinajstić information content (AvgIpc) is 2.92. The van der Waals surface area contributed by atoms with Crippen LogP contribution in [-0.2, 0) is 9.53 Å². The first-order valence-corrected chi connectivity index (χ1v) is 11.2. The minimum atomic E-state index is -0.451. The highest BCUT2D eigenvalue weighted by Gasteiger charge is 2.39. The molecule has 0 aromatic rings. The van der Waals surface area contributed by atoms with Gasteiger partial charge in [-0.2, -0.15) is 0 Å². The molecular formula is C22H37BrO4. The molecule has 1 aliphatic carbocycles. The Morgan fingerprint density at radius 1 is 1.33 bits per heavy atom. The molecule has 0 aromatic heterocycles. The molecular weight excluding hydrogens is 408 g/mol. The molecule has 0 aliphatic heterocycles. The molecule has 0 heterocycles. The van der Waals surface area contributed by atoms with Crippen LogP contribution in [-0.4, -0.2) is 40.3 Å². The summed E-state index contributed by atoms with van der Waals surface area (Å²) in [6.07, 6.45) is 14.3. The zero-order chi connectivity index (χ0) is 20.2. The summed E-state index contributed by atoms with van der Waals surface area (Å²) in [6.45, 7) is 4.24. The molecule has 5 heteroatoms. The van der Waals surface area contributed by atoms with E-state index in [-0.39, 0.29) is 28.7 Å². The van der Waals surface area contributed by atoms with E-state index in [1.165, 1.54) is 7.11 Å². The van der Waals surface area contributed by atoms with Gasteiger partial charge in [-0.1, -0.05) is 66.9 Å². The summed E-state index contributed by atoms with van der Waals surface area (Å²) in [6, 6.07) is 0. The number of ether oxygens (including phenoxy) is 1. The monoisotopic (exact) mass is 444 g/mol. The van der Waals surface area contributed by atoms with Crippen molar-refractivity contribution < 1.29 is 19.7 Å². The summed E-state index contributed by atoms with van der Waals surface area (Å²) in [5, 5.41) is 20.8. The molecule has 1 saturated carbocycles. The number of allylic oxidation sites excluding steroid dienone is 2. The lowest BCUT2D eigenvalue weighted by Crippen LogP contribution is -2.20. The van der Waals surface area contributed by atoms with Crippen molar-refractivity contribution in [2.24, 2.45) is 17.8 Å². The largest absolute Gasteiger partial charge is 0.469 e. The lowest BCUT2D eigenvalue weighted by molar-refractivity contribution is -0.140. The lowest BCUT2D eigenvalue weighted by Gasteiger charge is -2.21. The fourth-order valence-corrected chi connectivity index (χ4v) is 4.58. The summed E-state index contributed by atoms with van der Waals surface area (Å²) in [5.74, 6) is 0.445. The SMILES string of the molecule is CCCCC(C)[C@H](O)/C=C/[C@@H]1[C@@H](C/C=C\CCCC(=O)OC)[C@@H](Br)C[C@H]1O. The van der Waals surface area contributed by atoms with Crippen molar-refractivity contribution in [1.82, 2.24) is 0 Å². The van der Waals surface area contributed by atoms with Crippen molar-refractivity contribution in [2.75, 3.05) is 7.11 Å². The molecule has 0 bridgehead atoms. The Bertz CT molecular complexity index is 477. The molecule has 6 atom stereocenters. The average molecular weight is 445 g/mol. The number of hydrogen-bond donors (Lipinski definition) is 2. The smallest absolute Gasteiger partial charge is 0.305 e. The van der Waals surface area contributed by atoms with Crippen LogP contribution in [0.15, 0.2) is 24.3 Å². The number of unbranched alkanes of at least 4 members (excludes halogenated alkanes) is 2. The Labute approximate surface area is 173 Å². The maximum atomic E-state index is 11.1. The topological polar surface area (TPSA) is 66.8 Å². The van der Waals surface area contributed by atoms with Gasteiger partial charge in [-0.3, -0.25) is 4.79 Å². The number of methoxy groups -OCH3 is 1. The Kier molecular flexibility index (Phi) is 12.2. The number of aliphatic hydroxyl groups is 2. The van der Waals surface area contributed by atoms with E-state index in [0.717, 1.165) is 44.9 Å². The van der Waals surface area contributed by atoms with Gasteiger partial charge in [-0.15, -0.1) is 0 Å². The van der Waals surface area contributed by atoms with E-state index in [1.807, 2.05) is 12.2 Å². The number of alkyl halides is 1. The molecule has 2 N–H and O–H groups in total. The van der Waals surface area contributed by atoms with E-state index in [9.17, 15) is 15.0 Å². The maximum absolute atomic E-state index is 11.1. The highest BCUT2D eigenvalue weighted by molar-refractivity contribution is 9.09. The standard InChI is InChI=1S/C22H37BrO4/c1-4-5-10-16(2)20(24)14-13-18-17(19(23)15-21(18)25)11-8-6-7-9-12-22(26)27-3/h6,8,13-14,16-21,24-25H,4-5,7,9-12,15H2,1-3H3/b8-6-,14-13+/t16?,17-,18-,19+,20-,21-/m1/s1. The van der Waals surface area contributed by atoms with Crippen LogP contribution in [0.3, 0.4) is 0 Å². The third-order valence-electron chi connectivity index (χ3n) is 5.55. The first-order valence-electron chi connectivity index (χ1n) is 10.3. The van der Waals surface area contributed by atoms with Crippen molar-refractivity contribution in [2.45, 2.75) is 82.2 Å². The molecule has 0 saturated heterocycles. The van der Waals surface area contributed by atoms with Crippen molar-refractivity contribution in [3.8, 4) is 0 Å². The molecule has 27 heavy (non-hydrogen) atoms. The van der Waals surface area contributed by atoms with Crippen LogP contribution in [0, 0.1) is 17.8 Å². The summed E-state index contributed by atoms with van der Waals surface area (Å²) in [4.78, 5) is 11.4. The van der Waals surface area contributed by atoms with Crippen LogP contribution in [0.5, 0.6) is 0 Å². The molecule has 0 amide bonds. The minimum absolute atomic E-state index is 0.0575. The number of carbonyl (C=O) groups is 1. The highest BCUT2D eigenvalue weighted by atomic mass is 79.9. The third-order valence-corrected chi connectivity index (χ3v) is 6.60. The van der Waals surface area contributed by atoms with E-state index >= 15 is 0 Å². The molecule has 0 spiro atoms. The van der Waals surface area contributed by atoms with E-state index in [1.54, 1.807) is 0 Å². The Hall–Kier alpha value is -0.650. The number of rotatable bonds is 12. The Balaban J connectivity index is 2.51. The Morgan fingerprint density at radius 3 is 2.74 bits per heavy atom. The van der Waals surface area contributed by atoms with Crippen LogP contribution in [0.25, 0.3) is 0 Å². The van der Waals surface area contributed by atoms with Crippen molar-refractivity contribution in [3.05, 3.63) is 24.3 Å². The quantitative estimate of drug-likeness (QED) is 0.196. The van der Waals surface area contributed by atoms with Crippen molar-refractivity contribution in [3.63, 3.8) is 0 Å². The number of halogens is 1. The summed E-state index contributed by atoms with van der Waals surface area (Å²) < 4.78 is 4.64. The highest BCUT2D eigenvalue weighted by Crippen LogP contribution is 2.40. The second kappa shape index (κ2) is 13.5. The van der Waals surface area contributed by atoms with Gasteiger partial charge in [0, 0.05) is 17.2 Å². The van der Waals surface area contributed by atoms with Gasteiger partial charge in [0.25, 0.3) is 0 Å². The van der Waals surface area contributed by atoms with Crippen LogP contribution in [0.2, 0.25) is 0 Å². The lowest BCUT2D eigenvalue weighted by atomic mass is 9.89. The van der Waals surface area contributed by atoms with Crippen LogP contribution >= 0.6 is 15.9 Å². The summed E-state index contributed by atoms with van der Waals surface area (Å²) in [5.41, 5.74) is 0. The second-order valence-corrected chi connectivity index (χ2v) is 8.91. The van der Waals surface area contributed by atoms with Gasteiger partial charge in [-0.25, -0.2) is 0 Å². The molecule has 1 aliphatic rings. The van der Waals surface area contributed by atoms with E-state index in [4.69, 9.17) is 0 Å². The van der Waals surface area contributed by atoms with E-state index < -0.39 is 6.10 Å². The van der Waals surface area contributed by atoms with Gasteiger partial charge < -0.3 is 14.9 Å². The predicted octanol–water partition coefficient (Wildman–Crippen LogP) is 4.78. The second-order valence-electron chi connectivity index (χ2n) is 7.73. The molecule has 1 fully saturated rings. The van der Waals surface area contributed by atoms with Crippen molar-refractivity contribution in [1.29, 1.82) is 0 Å². The van der Waals surface area contributed by atoms with Gasteiger partial charge in [0.05, 0.1) is 19.3 Å². The molecule has 0 aromatic carbocycles. The molecule has 156 valence electrons. The third kappa shape index (κ3) is 8.93. The first kappa shape index (κ1) is 24.4. The van der Waals surface area contributed by atoms with Crippen molar-refractivity contribution >= 4 is 21.9 Å². The van der Waals surface area contributed by atoms with Crippen LogP contribution in [0.1, 0.15) is 65.2 Å². The Morgan fingerprint density at radius 2 is 2.07 bits per heavy atom. The van der Waals surface area contributed by atoms with Gasteiger partial charge in [0.15, 0.2) is 0 Å². The van der Waals surface area contributed by atoms with Gasteiger partial charge in [-0.05, 0) is 43.9 Å². The molecule has 1 rings (SSSR count). The maximum Gasteiger partial charge on any atom is 0.305 e. The van der Waals surface area contributed by atoms with Gasteiger partial charge >= 0.3 is 5.97 Å². The molecule has 1 unspecified atom stereocenters. The zero-order valence-electron chi connectivity index (χ0n) is 17.0. The zero-order valence-corrected chi connectivity index (χ0v) is 18.6. The van der Waals surface area contributed by atoms with E-state index in [0.29, 0.717) is 12.3 Å². The number of carbonyl (C=O) groups excluding carboxylic acids is 1. The van der Waals surface area contributed by atoms with Gasteiger partial charge in [0.2, 0.25) is 0 Å². The summed E-state index contributed by atoms with van der Waals surface area (Å²) >= 11 is 3.72. The van der Waals surface area contributed by atoms with E-state index in [2.05, 4.69) is 46.7 Å². The van der Waals surface area contributed by atoms with Crippen LogP contribution in [0.4, 0.5) is 0 Å². The predicted molar refractivity (Wildman–Crippen MR) is 114 cm³/mol. The normalized spacial score (nSPS) is 28.1. The first-order chi connectivity index (χ1) is 12.9. The fraction of sp³-hybridized carbons (Fsp3) is 0.773. The number of hydrogen-bond acceptors (Lipinski definition) is 4. The molecule has 4 nitrogen and oxygen atoms in total.